The monoisotopic (exact) mass is 744 g/mol. The number of nitrogens with zero attached hydrogens (tertiary/aromatic N) is 2. The van der Waals surface area contributed by atoms with E-state index < -0.39 is 27.7 Å². The van der Waals surface area contributed by atoms with Gasteiger partial charge in [-0.1, -0.05) is 54.6 Å². The molecule has 1 aliphatic rings. The molecule has 0 aromatic heterocycles. The van der Waals surface area contributed by atoms with Crippen molar-refractivity contribution in [1.29, 1.82) is 0 Å². The summed E-state index contributed by atoms with van der Waals surface area (Å²) in [7, 11) is -4.09. The summed E-state index contributed by atoms with van der Waals surface area (Å²) in [6, 6.07) is 34.8. The minimum absolute atomic E-state index is 0.0130. The third-order valence-electron chi connectivity index (χ3n) is 8.97. The fourth-order valence-corrected chi connectivity index (χ4v) is 7.97. The highest BCUT2D eigenvalue weighted by Gasteiger charge is 2.30. The number of piperazine rings is 1. The van der Waals surface area contributed by atoms with E-state index in [0.717, 1.165) is 77.7 Å². The van der Waals surface area contributed by atoms with Crippen LogP contribution in [0.1, 0.15) is 27.0 Å². The van der Waals surface area contributed by atoms with Gasteiger partial charge in [-0.3, -0.25) is 9.69 Å². The summed E-state index contributed by atoms with van der Waals surface area (Å²) in [6.45, 7) is 6.19. The van der Waals surface area contributed by atoms with Crippen LogP contribution in [-0.2, 0) is 22.7 Å². The molecular weight excluding hydrogens is 706 g/mol. The lowest BCUT2D eigenvalue weighted by molar-refractivity contribution is -0.137. The first kappa shape index (κ1) is 37.0. The number of halogens is 3. The Labute approximate surface area is 306 Å². The summed E-state index contributed by atoms with van der Waals surface area (Å²) in [4.78, 5) is 18.7. The molecule has 1 aliphatic heterocycles. The van der Waals surface area contributed by atoms with Crippen molar-refractivity contribution in [3.05, 3.63) is 144 Å². The summed E-state index contributed by atoms with van der Waals surface area (Å²) in [5.41, 5.74) is 4.76. The van der Waals surface area contributed by atoms with Crippen molar-refractivity contribution in [1.82, 2.24) is 9.62 Å². The van der Waals surface area contributed by atoms with Gasteiger partial charge in [0, 0.05) is 66.9 Å². The average Bonchev–Trinajstić information content (AvgIpc) is 3.14. The van der Waals surface area contributed by atoms with Crippen LogP contribution in [0.4, 0.5) is 24.5 Å². The van der Waals surface area contributed by atoms with Gasteiger partial charge >= 0.3 is 6.18 Å². The molecule has 6 rings (SSSR count). The number of aryl methyl sites for hydroxylation is 1. The van der Waals surface area contributed by atoms with Crippen LogP contribution < -0.4 is 14.9 Å². The molecule has 0 bridgehead atoms. The van der Waals surface area contributed by atoms with Crippen molar-refractivity contribution in [2.24, 2.45) is 0 Å². The zero-order chi connectivity index (χ0) is 36.7. The van der Waals surface area contributed by atoms with Gasteiger partial charge in [-0.2, -0.15) is 13.2 Å². The number of hydrogen-bond acceptors (Lipinski definition) is 7. The maximum atomic E-state index is 13.1. The number of carbonyl (C=O) groups excluding carboxylic acids is 1. The molecule has 0 saturated carbocycles. The van der Waals surface area contributed by atoms with Gasteiger partial charge in [-0.25, -0.2) is 13.1 Å². The van der Waals surface area contributed by atoms with Gasteiger partial charge in [0.1, 0.15) is 0 Å². The largest absolute Gasteiger partial charge is 0.416 e. The normalized spacial score (nSPS) is 13.9. The second kappa shape index (κ2) is 16.3. The second-order valence-corrected chi connectivity index (χ2v) is 15.4. The summed E-state index contributed by atoms with van der Waals surface area (Å²) in [6.07, 6.45) is -4.38. The molecule has 0 radical (unpaired) electrons. The standard InChI is InChI=1S/C40H39F3N4O3S2/c1-29-27-36(19-20-38(29)44-21-26-51-35-8-3-2-4-9-35)52(49,50)45-39(48)31-13-17-34(18-14-31)47-24-22-46(23-25-47)28-32-7-5-6-10-37(32)30-11-15-33(16-12-30)40(41,42)43/h2-20,27,44H,21-26,28H2,1H3,(H,45,48). The van der Waals surface area contributed by atoms with Crippen LogP contribution in [0.2, 0.25) is 0 Å². The average molecular weight is 745 g/mol. The van der Waals surface area contributed by atoms with Crippen molar-refractivity contribution in [3.63, 3.8) is 0 Å². The first-order valence-corrected chi connectivity index (χ1v) is 19.4. The maximum absolute atomic E-state index is 13.1. The number of thioether (sulfide) groups is 1. The second-order valence-electron chi connectivity index (χ2n) is 12.5. The lowest BCUT2D eigenvalue weighted by atomic mass is 9.98. The van der Waals surface area contributed by atoms with Crippen molar-refractivity contribution < 1.29 is 26.4 Å². The molecule has 0 unspecified atom stereocenters. The van der Waals surface area contributed by atoms with E-state index in [4.69, 9.17) is 0 Å². The van der Waals surface area contributed by atoms with Gasteiger partial charge in [0.05, 0.1) is 10.5 Å². The van der Waals surface area contributed by atoms with Crippen molar-refractivity contribution in [2.45, 2.75) is 29.4 Å². The molecule has 52 heavy (non-hydrogen) atoms. The van der Waals surface area contributed by atoms with Crippen LogP contribution >= 0.6 is 11.8 Å². The fourth-order valence-electron chi connectivity index (χ4n) is 6.12. The molecule has 0 atom stereocenters. The molecule has 1 saturated heterocycles. The lowest BCUT2D eigenvalue weighted by Crippen LogP contribution is -2.46. The van der Waals surface area contributed by atoms with Crippen LogP contribution in [0.15, 0.2) is 131 Å². The predicted molar refractivity (Wildman–Crippen MR) is 202 cm³/mol. The number of amides is 1. The van der Waals surface area contributed by atoms with Crippen LogP contribution in [0.25, 0.3) is 11.1 Å². The van der Waals surface area contributed by atoms with E-state index in [0.29, 0.717) is 13.1 Å². The Morgan fingerprint density at radius 3 is 2.15 bits per heavy atom. The zero-order valence-electron chi connectivity index (χ0n) is 28.6. The van der Waals surface area contributed by atoms with E-state index in [1.54, 1.807) is 36.0 Å². The highest BCUT2D eigenvalue weighted by molar-refractivity contribution is 7.99. The molecule has 1 amide bonds. The molecule has 270 valence electrons. The number of hydrogen-bond donors (Lipinski definition) is 2. The Hall–Kier alpha value is -4.78. The Morgan fingerprint density at radius 2 is 1.48 bits per heavy atom. The van der Waals surface area contributed by atoms with Gasteiger partial charge in [0.25, 0.3) is 15.9 Å². The topological polar surface area (TPSA) is 81.8 Å². The summed E-state index contributed by atoms with van der Waals surface area (Å²) in [5.74, 6) is 0.140. The van der Waals surface area contributed by atoms with Crippen molar-refractivity contribution >= 4 is 39.1 Å². The molecule has 1 fully saturated rings. The Morgan fingerprint density at radius 1 is 0.808 bits per heavy atom. The van der Waals surface area contributed by atoms with E-state index >= 15 is 0 Å². The third kappa shape index (κ3) is 9.36. The SMILES string of the molecule is Cc1cc(S(=O)(=O)NC(=O)c2ccc(N3CCN(Cc4ccccc4-c4ccc(C(F)(F)F)cc4)CC3)cc2)ccc1NCCSc1ccccc1. The van der Waals surface area contributed by atoms with E-state index in [2.05, 4.69) is 32.0 Å². The van der Waals surface area contributed by atoms with E-state index in [9.17, 15) is 26.4 Å². The van der Waals surface area contributed by atoms with E-state index in [1.807, 2.05) is 61.5 Å². The molecule has 7 nitrogen and oxygen atoms in total. The summed E-state index contributed by atoms with van der Waals surface area (Å²) in [5, 5.41) is 3.35. The highest BCUT2D eigenvalue weighted by atomic mass is 32.2. The molecular formula is C40H39F3N4O3S2. The van der Waals surface area contributed by atoms with Crippen LogP contribution in [-0.4, -0.2) is 57.7 Å². The van der Waals surface area contributed by atoms with Gasteiger partial charge in [-0.15, -0.1) is 11.8 Å². The number of benzene rings is 5. The van der Waals surface area contributed by atoms with Crippen LogP contribution in [0, 0.1) is 6.92 Å². The first-order valence-electron chi connectivity index (χ1n) is 16.9. The molecule has 5 aromatic rings. The van der Waals surface area contributed by atoms with E-state index in [1.165, 1.54) is 23.1 Å². The van der Waals surface area contributed by atoms with Gasteiger partial charge in [0.2, 0.25) is 0 Å². The minimum Gasteiger partial charge on any atom is -0.384 e. The molecule has 1 heterocycles. The quantitative estimate of drug-likeness (QED) is 0.0983. The Balaban J connectivity index is 0.997. The van der Waals surface area contributed by atoms with Gasteiger partial charge in [-0.05, 0) is 95.9 Å². The number of carbonyl (C=O) groups is 1. The Bertz CT molecular complexity index is 2090. The number of nitrogens with one attached hydrogen (secondary N) is 2. The number of rotatable bonds is 12. The Kier molecular flexibility index (Phi) is 11.6. The van der Waals surface area contributed by atoms with Gasteiger partial charge in [0.15, 0.2) is 0 Å². The maximum Gasteiger partial charge on any atom is 0.416 e. The predicted octanol–water partition coefficient (Wildman–Crippen LogP) is 8.33. The molecule has 5 aromatic carbocycles. The zero-order valence-corrected chi connectivity index (χ0v) is 30.2. The number of sulfonamides is 1. The lowest BCUT2D eigenvalue weighted by Gasteiger charge is -2.36. The van der Waals surface area contributed by atoms with E-state index in [-0.39, 0.29) is 10.5 Å². The third-order valence-corrected chi connectivity index (χ3v) is 11.3. The van der Waals surface area contributed by atoms with Crippen molar-refractivity contribution in [3.8, 4) is 11.1 Å². The highest BCUT2D eigenvalue weighted by Crippen LogP contribution is 2.32. The smallest absolute Gasteiger partial charge is 0.384 e. The first-order chi connectivity index (χ1) is 25.0. The summed E-state index contributed by atoms with van der Waals surface area (Å²) < 4.78 is 67.6. The fraction of sp³-hybridized carbons (Fsp3) is 0.225. The van der Waals surface area contributed by atoms with Crippen LogP contribution in [0.5, 0.6) is 0 Å². The molecule has 0 spiro atoms. The molecule has 12 heteroatoms. The molecule has 0 aliphatic carbocycles. The summed E-state index contributed by atoms with van der Waals surface area (Å²) >= 11 is 1.73. The minimum atomic E-state index is -4.38. The molecule has 2 N–H and O–H groups in total. The van der Waals surface area contributed by atoms with Crippen LogP contribution in [0.3, 0.4) is 0 Å². The number of anilines is 2. The van der Waals surface area contributed by atoms with Gasteiger partial charge < -0.3 is 10.2 Å². The number of alkyl halides is 3. The van der Waals surface area contributed by atoms with Crippen molar-refractivity contribution in [2.75, 3.05) is 48.7 Å².